The fourth-order valence-corrected chi connectivity index (χ4v) is 1.24. The summed E-state index contributed by atoms with van der Waals surface area (Å²) in [6.07, 6.45) is -5.28. The van der Waals surface area contributed by atoms with Crippen molar-refractivity contribution in [1.82, 2.24) is 5.32 Å². The molecule has 0 saturated heterocycles. The van der Waals surface area contributed by atoms with Crippen molar-refractivity contribution in [2.75, 3.05) is 6.54 Å². The average Bonchev–Trinajstić information content (AvgIpc) is 2.23. The van der Waals surface area contributed by atoms with E-state index in [1.54, 1.807) is 0 Å². The number of alkyl halides is 3. The Labute approximate surface area is 96.3 Å². The van der Waals surface area contributed by atoms with Crippen LogP contribution >= 0.6 is 0 Å². The molecule has 0 aliphatic carbocycles. The van der Waals surface area contributed by atoms with E-state index in [9.17, 15) is 18.0 Å². The second-order valence-corrected chi connectivity index (χ2v) is 3.52. The third-order valence-electron chi connectivity index (χ3n) is 2.03. The molecule has 0 aliphatic heterocycles. The van der Waals surface area contributed by atoms with Gasteiger partial charge in [0.05, 0.1) is 0 Å². The minimum Gasteiger partial charge on any atom is -0.508 e. The maximum Gasteiger partial charge on any atom is 0.389 e. The first-order valence-corrected chi connectivity index (χ1v) is 5.02. The molecule has 1 amide bonds. The van der Waals surface area contributed by atoms with E-state index in [0.717, 1.165) is 0 Å². The second kappa shape index (κ2) is 5.56. The van der Waals surface area contributed by atoms with E-state index in [0.29, 0.717) is 0 Å². The van der Waals surface area contributed by atoms with Crippen LogP contribution in [0.2, 0.25) is 0 Å². The number of carbonyl (C=O) groups excluding carboxylic acids is 1. The van der Waals surface area contributed by atoms with E-state index in [1.807, 2.05) is 0 Å². The van der Waals surface area contributed by atoms with E-state index in [2.05, 4.69) is 5.32 Å². The summed E-state index contributed by atoms with van der Waals surface area (Å²) in [4.78, 5) is 11.4. The topological polar surface area (TPSA) is 49.3 Å². The molecule has 6 heteroatoms. The quantitative estimate of drug-likeness (QED) is 0.803. The van der Waals surface area contributed by atoms with Crippen molar-refractivity contribution in [1.29, 1.82) is 0 Å². The Morgan fingerprint density at radius 3 is 2.65 bits per heavy atom. The standard InChI is InChI=1S/C11H12F3NO2/c12-11(13,14)5-2-6-15-10(17)8-3-1-4-9(16)7-8/h1,3-4,7,16H,2,5-6H2,(H,15,17). The SMILES string of the molecule is O=C(NCCCC(F)(F)F)c1cccc(O)c1. The highest BCUT2D eigenvalue weighted by Gasteiger charge is 2.25. The van der Waals surface area contributed by atoms with Gasteiger partial charge >= 0.3 is 6.18 Å². The Morgan fingerprint density at radius 2 is 2.06 bits per heavy atom. The zero-order chi connectivity index (χ0) is 12.9. The molecule has 17 heavy (non-hydrogen) atoms. The van der Waals surface area contributed by atoms with Gasteiger partial charge in [-0.2, -0.15) is 13.2 Å². The van der Waals surface area contributed by atoms with Gasteiger partial charge in [0.15, 0.2) is 0 Å². The predicted octanol–water partition coefficient (Wildman–Crippen LogP) is 2.46. The van der Waals surface area contributed by atoms with Crippen LogP contribution in [-0.2, 0) is 0 Å². The number of hydrogen-bond donors (Lipinski definition) is 2. The third kappa shape index (κ3) is 5.24. The molecule has 3 nitrogen and oxygen atoms in total. The van der Waals surface area contributed by atoms with Crippen molar-refractivity contribution in [3.05, 3.63) is 29.8 Å². The summed E-state index contributed by atoms with van der Waals surface area (Å²) in [6, 6.07) is 5.61. The molecule has 0 atom stereocenters. The van der Waals surface area contributed by atoms with Crippen molar-refractivity contribution in [2.45, 2.75) is 19.0 Å². The van der Waals surface area contributed by atoms with Gasteiger partial charge in [0.1, 0.15) is 5.75 Å². The highest BCUT2D eigenvalue weighted by molar-refractivity contribution is 5.94. The summed E-state index contributed by atoms with van der Waals surface area (Å²) in [5.41, 5.74) is 0.219. The molecule has 0 bridgehead atoms. The average molecular weight is 247 g/mol. The lowest BCUT2D eigenvalue weighted by molar-refractivity contribution is -0.135. The molecule has 0 spiro atoms. The Morgan fingerprint density at radius 1 is 1.35 bits per heavy atom. The number of phenolic OH excluding ortho intramolecular Hbond substituents is 1. The normalized spacial score (nSPS) is 11.2. The van der Waals surface area contributed by atoms with Crippen LogP contribution in [0.4, 0.5) is 13.2 Å². The van der Waals surface area contributed by atoms with Crippen molar-refractivity contribution in [3.8, 4) is 5.75 Å². The molecular weight excluding hydrogens is 235 g/mol. The van der Waals surface area contributed by atoms with Gasteiger partial charge in [-0.15, -0.1) is 0 Å². The first-order valence-electron chi connectivity index (χ1n) is 5.02. The molecule has 0 aromatic heterocycles. The summed E-state index contributed by atoms with van der Waals surface area (Å²) in [5.74, 6) is -0.559. The minimum absolute atomic E-state index is 0.0476. The van der Waals surface area contributed by atoms with E-state index >= 15 is 0 Å². The summed E-state index contributed by atoms with van der Waals surface area (Å²) in [5, 5.41) is 11.5. The summed E-state index contributed by atoms with van der Waals surface area (Å²) >= 11 is 0. The molecule has 2 N–H and O–H groups in total. The van der Waals surface area contributed by atoms with Crippen LogP contribution < -0.4 is 5.32 Å². The lowest BCUT2D eigenvalue weighted by atomic mass is 10.2. The smallest absolute Gasteiger partial charge is 0.389 e. The Hall–Kier alpha value is -1.72. The number of carbonyl (C=O) groups is 1. The van der Waals surface area contributed by atoms with Crippen LogP contribution in [-0.4, -0.2) is 23.7 Å². The predicted molar refractivity (Wildman–Crippen MR) is 55.7 cm³/mol. The van der Waals surface area contributed by atoms with Gasteiger partial charge in [0.25, 0.3) is 5.91 Å². The fraction of sp³-hybridized carbons (Fsp3) is 0.364. The maximum absolute atomic E-state index is 11.8. The zero-order valence-corrected chi connectivity index (χ0v) is 8.92. The molecule has 0 heterocycles. The number of aromatic hydroxyl groups is 1. The van der Waals surface area contributed by atoms with Gasteiger partial charge in [0.2, 0.25) is 0 Å². The molecule has 94 valence electrons. The monoisotopic (exact) mass is 247 g/mol. The number of halogens is 3. The van der Waals surface area contributed by atoms with Crippen molar-refractivity contribution in [2.24, 2.45) is 0 Å². The summed E-state index contributed by atoms with van der Waals surface area (Å²) < 4.78 is 35.4. The van der Waals surface area contributed by atoms with E-state index in [-0.39, 0.29) is 24.3 Å². The van der Waals surface area contributed by atoms with Crippen molar-refractivity contribution < 1.29 is 23.1 Å². The highest BCUT2D eigenvalue weighted by Crippen LogP contribution is 2.20. The zero-order valence-electron chi connectivity index (χ0n) is 8.92. The summed E-state index contributed by atoms with van der Waals surface area (Å²) in [6.45, 7) is -0.0476. The lowest BCUT2D eigenvalue weighted by Gasteiger charge is -2.07. The Balaban J connectivity index is 2.36. The number of rotatable bonds is 4. The summed E-state index contributed by atoms with van der Waals surface area (Å²) in [7, 11) is 0. The van der Waals surface area contributed by atoms with Gasteiger partial charge in [-0.25, -0.2) is 0 Å². The first kappa shape index (κ1) is 13.3. The van der Waals surface area contributed by atoms with Crippen molar-refractivity contribution >= 4 is 5.91 Å². The van der Waals surface area contributed by atoms with Crippen LogP contribution in [0.25, 0.3) is 0 Å². The Bertz CT molecular complexity index is 391. The van der Waals surface area contributed by atoms with Gasteiger partial charge in [0, 0.05) is 18.5 Å². The molecule has 0 aliphatic rings. The number of phenols is 1. The van der Waals surface area contributed by atoms with Gasteiger partial charge in [-0.05, 0) is 24.6 Å². The third-order valence-corrected chi connectivity index (χ3v) is 2.03. The van der Waals surface area contributed by atoms with Crippen LogP contribution in [0.1, 0.15) is 23.2 Å². The number of amides is 1. The van der Waals surface area contributed by atoms with Crippen LogP contribution in [0.5, 0.6) is 5.75 Å². The molecule has 1 rings (SSSR count). The van der Waals surface area contributed by atoms with Gasteiger partial charge < -0.3 is 10.4 Å². The van der Waals surface area contributed by atoms with Crippen LogP contribution in [0.3, 0.4) is 0 Å². The van der Waals surface area contributed by atoms with Gasteiger partial charge in [-0.3, -0.25) is 4.79 Å². The molecule has 0 radical (unpaired) electrons. The molecule has 1 aromatic carbocycles. The largest absolute Gasteiger partial charge is 0.508 e. The first-order chi connectivity index (χ1) is 7.88. The van der Waals surface area contributed by atoms with E-state index < -0.39 is 18.5 Å². The molecular formula is C11H12F3NO2. The van der Waals surface area contributed by atoms with Crippen LogP contribution in [0, 0.1) is 0 Å². The minimum atomic E-state index is -4.20. The maximum atomic E-state index is 11.8. The van der Waals surface area contributed by atoms with Crippen molar-refractivity contribution in [3.63, 3.8) is 0 Å². The molecule has 0 fully saturated rings. The Kier molecular flexibility index (Phi) is 4.37. The molecule has 0 unspecified atom stereocenters. The molecule has 1 aromatic rings. The fourth-order valence-electron chi connectivity index (χ4n) is 1.24. The highest BCUT2D eigenvalue weighted by atomic mass is 19.4. The number of hydrogen-bond acceptors (Lipinski definition) is 2. The number of nitrogens with one attached hydrogen (secondary N) is 1. The molecule has 0 saturated carbocycles. The second-order valence-electron chi connectivity index (χ2n) is 3.52. The lowest BCUT2D eigenvalue weighted by Crippen LogP contribution is -2.25. The number of benzene rings is 1. The van der Waals surface area contributed by atoms with E-state index in [1.165, 1.54) is 24.3 Å². The van der Waals surface area contributed by atoms with E-state index in [4.69, 9.17) is 5.11 Å². The van der Waals surface area contributed by atoms with Crippen LogP contribution in [0.15, 0.2) is 24.3 Å². The van der Waals surface area contributed by atoms with Gasteiger partial charge in [-0.1, -0.05) is 6.07 Å².